The predicted octanol–water partition coefficient (Wildman–Crippen LogP) is 3.44. The number of carbonyl (C=O) groups excluding carboxylic acids is 2. The average molecular weight is 403 g/mol. The van der Waals surface area contributed by atoms with Crippen molar-refractivity contribution in [2.45, 2.75) is 19.8 Å². The third-order valence-electron chi connectivity index (χ3n) is 4.71. The molecule has 1 aromatic heterocycles. The van der Waals surface area contributed by atoms with Crippen LogP contribution in [0.5, 0.6) is 0 Å². The van der Waals surface area contributed by atoms with Crippen LogP contribution >= 0.6 is 11.6 Å². The van der Waals surface area contributed by atoms with Gasteiger partial charge < -0.3 is 10.2 Å². The van der Waals surface area contributed by atoms with Crippen molar-refractivity contribution < 1.29 is 14.5 Å². The molecule has 1 fully saturated rings. The number of nitro groups is 1. The Morgan fingerprint density at radius 2 is 2.11 bits per heavy atom. The second-order valence-electron chi connectivity index (χ2n) is 6.67. The van der Waals surface area contributed by atoms with Gasteiger partial charge in [0.05, 0.1) is 15.9 Å². The molecule has 3 rings (SSSR count). The molecular formula is C19H19ClN4O4. The van der Waals surface area contributed by atoms with E-state index >= 15 is 0 Å². The Morgan fingerprint density at radius 3 is 2.79 bits per heavy atom. The molecule has 0 saturated carbocycles. The van der Waals surface area contributed by atoms with Crippen LogP contribution in [0, 0.1) is 23.0 Å². The minimum atomic E-state index is -0.539. The second-order valence-corrected chi connectivity index (χ2v) is 7.11. The topological polar surface area (TPSA) is 105 Å². The molecule has 1 aromatic carbocycles. The molecule has 1 aliphatic rings. The average Bonchev–Trinajstić information content (AvgIpc) is 2.68. The molecule has 1 aliphatic heterocycles. The van der Waals surface area contributed by atoms with E-state index in [0.717, 1.165) is 0 Å². The van der Waals surface area contributed by atoms with Gasteiger partial charge in [-0.05, 0) is 38.0 Å². The largest absolute Gasteiger partial charge is 0.338 e. The van der Waals surface area contributed by atoms with E-state index in [1.54, 1.807) is 31.2 Å². The van der Waals surface area contributed by atoms with E-state index in [0.29, 0.717) is 35.8 Å². The first-order chi connectivity index (χ1) is 13.4. The molecule has 2 aromatic rings. The molecule has 1 unspecified atom stereocenters. The van der Waals surface area contributed by atoms with Gasteiger partial charge in [-0.15, -0.1) is 0 Å². The molecule has 1 saturated heterocycles. The molecule has 1 N–H and O–H groups in total. The number of halogens is 1. The van der Waals surface area contributed by atoms with E-state index in [4.69, 9.17) is 11.6 Å². The number of anilines is 1. The lowest BCUT2D eigenvalue weighted by atomic mass is 9.96. The number of benzene rings is 1. The quantitative estimate of drug-likeness (QED) is 0.622. The number of hydrogen-bond acceptors (Lipinski definition) is 5. The van der Waals surface area contributed by atoms with Gasteiger partial charge in [0.2, 0.25) is 5.91 Å². The van der Waals surface area contributed by atoms with Crippen molar-refractivity contribution in [3.63, 3.8) is 0 Å². The minimum Gasteiger partial charge on any atom is -0.338 e. The van der Waals surface area contributed by atoms with Gasteiger partial charge in [0, 0.05) is 24.8 Å². The molecule has 0 spiro atoms. The summed E-state index contributed by atoms with van der Waals surface area (Å²) in [5, 5.41) is 14.6. The number of aromatic nitrogens is 1. The van der Waals surface area contributed by atoms with Crippen molar-refractivity contribution in [2.75, 3.05) is 18.4 Å². The van der Waals surface area contributed by atoms with Crippen molar-refractivity contribution in [1.29, 1.82) is 0 Å². The van der Waals surface area contributed by atoms with Gasteiger partial charge in [0.25, 0.3) is 11.6 Å². The van der Waals surface area contributed by atoms with Gasteiger partial charge >= 0.3 is 0 Å². The molecule has 28 heavy (non-hydrogen) atoms. The van der Waals surface area contributed by atoms with Crippen LogP contribution < -0.4 is 5.32 Å². The number of likely N-dealkylation sites (tertiary alicyclic amines) is 1. The zero-order chi connectivity index (χ0) is 20.3. The molecular weight excluding hydrogens is 384 g/mol. The summed E-state index contributed by atoms with van der Waals surface area (Å²) in [6.07, 6.45) is 2.70. The van der Waals surface area contributed by atoms with Crippen LogP contribution in [0.25, 0.3) is 0 Å². The van der Waals surface area contributed by atoms with Crippen LogP contribution in [-0.2, 0) is 4.79 Å². The van der Waals surface area contributed by atoms with E-state index in [9.17, 15) is 19.7 Å². The SMILES string of the molecule is Cc1cccc(C(=O)N2CCCC(C(=O)Nc3ccc(Cl)cn3)C2)c1[N+](=O)[O-]. The fourth-order valence-corrected chi connectivity index (χ4v) is 3.41. The minimum absolute atomic E-state index is 0.0467. The zero-order valence-corrected chi connectivity index (χ0v) is 16.0. The van der Waals surface area contributed by atoms with Gasteiger partial charge in [-0.25, -0.2) is 4.98 Å². The van der Waals surface area contributed by atoms with Gasteiger partial charge in [-0.2, -0.15) is 0 Å². The summed E-state index contributed by atoms with van der Waals surface area (Å²) in [6.45, 7) is 2.25. The summed E-state index contributed by atoms with van der Waals surface area (Å²) in [7, 11) is 0. The number of nitrogens with one attached hydrogen (secondary N) is 1. The molecule has 146 valence electrons. The van der Waals surface area contributed by atoms with Gasteiger partial charge in [-0.3, -0.25) is 19.7 Å². The van der Waals surface area contributed by atoms with E-state index in [-0.39, 0.29) is 23.7 Å². The number of aryl methyl sites for hydroxylation is 1. The number of carbonyl (C=O) groups is 2. The molecule has 0 aliphatic carbocycles. The van der Waals surface area contributed by atoms with Gasteiger partial charge in [0.15, 0.2) is 0 Å². The van der Waals surface area contributed by atoms with Crippen LogP contribution in [0.4, 0.5) is 11.5 Å². The number of nitrogens with zero attached hydrogens (tertiary/aromatic N) is 3. The standard InChI is InChI=1S/C19H19ClN4O4/c1-12-4-2-6-15(17(12)24(27)28)19(26)23-9-3-5-13(11-23)18(25)22-16-8-7-14(20)10-21-16/h2,4,6-8,10,13H,3,5,9,11H2,1H3,(H,21,22,25). The van der Waals surface area contributed by atoms with E-state index in [1.165, 1.54) is 17.2 Å². The fraction of sp³-hybridized carbons (Fsp3) is 0.316. The van der Waals surface area contributed by atoms with Gasteiger partial charge in [-0.1, -0.05) is 23.7 Å². The van der Waals surface area contributed by atoms with E-state index in [1.807, 2.05) is 0 Å². The maximum atomic E-state index is 12.9. The highest BCUT2D eigenvalue weighted by molar-refractivity contribution is 6.30. The van der Waals surface area contributed by atoms with Crippen LogP contribution in [0.2, 0.25) is 5.02 Å². The van der Waals surface area contributed by atoms with Crippen LogP contribution in [0.15, 0.2) is 36.5 Å². The van der Waals surface area contributed by atoms with Crippen LogP contribution in [0.3, 0.4) is 0 Å². The van der Waals surface area contributed by atoms with Gasteiger partial charge in [0.1, 0.15) is 11.4 Å². The number of amides is 2. The lowest BCUT2D eigenvalue weighted by molar-refractivity contribution is -0.385. The normalized spacial score (nSPS) is 16.5. The molecule has 8 nitrogen and oxygen atoms in total. The lowest BCUT2D eigenvalue weighted by Crippen LogP contribution is -2.44. The Labute approximate surface area is 166 Å². The maximum absolute atomic E-state index is 12.9. The zero-order valence-electron chi connectivity index (χ0n) is 15.2. The summed E-state index contributed by atoms with van der Waals surface area (Å²) in [5.41, 5.74) is 0.283. The number of rotatable bonds is 4. The summed E-state index contributed by atoms with van der Waals surface area (Å²) < 4.78 is 0. The number of pyridine rings is 1. The van der Waals surface area contributed by atoms with Crippen molar-refractivity contribution in [3.8, 4) is 0 Å². The number of hydrogen-bond donors (Lipinski definition) is 1. The third kappa shape index (κ3) is 4.28. The van der Waals surface area contributed by atoms with Crippen LogP contribution in [-0.4, -0.2) is 39.7 Å². The monoisotopic (exact) mass is 402 g/mol. The fourth-order valence-electron chi connectivity index (χ4n) is 3.30. The Bertz CT molecular complexity index is 917. The summed E-state index contributed by atoms with van der Waals surface area (Å²) >= 11 is 5.79. The third-order valence-corrected chi connectivity index (χ3v) is 4.93. The molecule has 9 heteroatoms. The van der Waals surface area contributed by atoms with E-state index < -0.39 is 16.7 Å². The molecule has 1 atom stereocenters. The summed E-state index contributed by atoms with van der Waals surface area (Å²) in [5.74, 6) is -0.713. The molecule has 0 radical (unpaired) electrons. The van der Waals surface area contributed by atoms with E-state index in [2.05, 4.69) is 10.3 Å². The van der Waals surface area contributed by atoms with Crippen molar-refractivity contribution >= 4 is 34.9 Å². The first kappa shape index (κ1) is 19.8. The predicted molar refractivity (Wildman–Crippen MR) is 104 cm³/mol. The first-order valence-corrected chi connectivity index (χ1v) is 9.20. The Kier molecular flexibility index (Phi) is 5.89. The first-order valence-electron chi connectivity index (χ1n) is 8.82. The van der Waals surface area contributed by atoms with Crippen molar-refractivity contribution in [1.82, 2.24) is 9.88 Å². The highest BCUT2D eigenvalue weighted by Crippen LogP contribution is 2.27. The van der Waals surface area contributed by atoms with Crippen molar-refractivity contribution in [2.24, 2.45) is 5.92 Å². The van der Waals surface area contributed by atoms with Crippen LogP contribution in [0.1, 0.15) is 28.8 Å². The Hall–Kier alpha value is -3.00. The summed E-state index contributed by atoms with van der Waals surface area (Å²) in [4.78, 5) is 41.8. The molecule has 0 bridgehead atoms. The Balaban J connectivity index is 1.73. The van der Waals surface area contributed by atoms with Crippen molar-refractivity contribution in [3.05, 3.63) is 62.8 Å². The summed E-state index contributed by atoms with van der Waals surface area (Å²) in [6, 6.07) is 7.89. The maximum Gasteiger partial charge on any atom is 0.285 e. The lowest BCUT2D eigenvalue weighted by Gasteiger charge is -2.32. The Morgan fingerprint density at radius 1 is 1.32 bits per heavy atom. The number of piperidine rings is 1. The molecule has 2 heterocycles. The second kappa shape index (κ2) is 8.35. The molecule has 2 amide bonds. The number of para-hydroxylation sites is 1. The number of nitro benzene ring substituents is 1. The smallest absolute Gasteiger partial charge is 0.285 e. The highest BCUT2D eigenvalue weighted by atomic mass is 35.5. The highest BCUT2D eigenvalue weighted by Gasteiger charge is 2.32.